The van der Waals surface area contributed by atoms with Crippen LogP contribution < -0.4 is 20.8 Å². The summed E-state index contributed by atoms with van der Waals surface area (Å²) in [6.07, 6.45) is 2.71. The Morgan fingerprint density at radius 2 is 1.83 bits per heavy atom. The van der Waals surface area contributed by atoms with Crippen LogP contribution >= 0.6 is 11.3 Å². The highest BCUT2D eigenvalue weighted by Crippen LogP contribution is 2.34. The van der Waals surface area contributed by atoms with Crippen molar-refractivity contribution in [2.45, 2.75) is 17.7 Å². The largest absolute Gasteiger partial charge is 0.377 e. The van der Waals surface area contributed by atoms with Crippen molar-refractivity contribution >= 4 is 60.2 Å². The third-order valence-electron chi connectivity index (χ3n) is 5.69. The van der Waals surface area contributed by atoms with Crippen LogP contribution in [0.1, 0.15) is 28.2 Å². The van der Waals surface area contributed by atoms with Gasteiger partial charge in [0.2, 0.25) is 15.8 Å². The predicted octanol–water partition coefficient (Wildman–Crippen LogP) is 3.30. The van der Waals surface area contributed by atoms with E-state index in [-0.39, 0.29) is 22.0 Å². The maximum Gasteiger partial charge on any atom is 0.241 e. The van der Waals surface area contributed by atoms with E-state index in [0.29, 0.717) is 23.9 Å². The van der Waals surface area contributed by atoms with E-state index in [1.165, 1.54) is 23.7 Å². The number of sulfonamides is 1. The first kappa shape index (κ1) is 25.5. The van der Waals surface area contributed by atoms with Gasteiger partial charge in [0.05, 0.1) is 20.7 Å². The van der Waals surface area contributed by atoms with Crippen LogP contribution in [-0.2, 0) is 10.0 Å². The third kappa shape index (κ3) is 5.32. The van der Waals surface area contributed by atoms with Gasteiger partial charge in [-0.1, -0.05) is 30.3 Å². The zero-order valence-electron chi connectivity index (χ0n) is 20.1. The van der Waals surface area contributed by atoms with Gasteiger partial charge in [-0.2, -0.15) is 5.10 Å². The molecule has 0 saturated carbocycles. The highest BCUT2D eigenvalue weighted by atomic mass is 32.2. The second-order valence-electron chi connectivity index (χ2n) is 8.36. The molecule has 3 aromatic carbocycles. The van der Waals surface area contributed by atoms with Crippen LogP contribution in [0.15, 0.2) is 64.6 Å². The molecule has 0 fully saturated rings. The molecule has 188 valence electrons. The third-order valence-corrected chi connectivity index (χ3v) is 8.23. The number of fused-ring (bicyclic) bond motifs is 2. The van der Waals surface area contributed by atoms with Crippen molar-refractivity contribution < 1.29 is 13.2 Å². The summed E-state index contributed by atoms with van der Waals surface area (Å²) in [5.41, 5.74) is 1.72. The number of hydrogen-bond donors (Lipinski definition) is 3. The second kappa shape index (κ2) is 11.0. The maximum absolute atomic E-state index is 13.9. The van der Waals surface area contributed by atoms with E-state index in [1.807, 2.05) is 55.4 Å². The molecule has 0 aliphatic heterocycles. The van der Waals surface area contributed by atoms with Crippen LogP contribution in [0.4, 0.5) is 5.69 Å². The molecule has 4 N–H and O–H groups in total. The van der Waals surface area contributed by atoms with Crippen molar-refractivity contribution in [3.63, 3.8) is 0 Å². The minimum Gasteiger partial charge on any atom is -0.377 e. The Bertz CT molecular complexity index is 1500. The summed E-state index contributed by atoms with van der Waals surface area (Å²) in [5.74, 6) is 4.63. The number of nitrogens with one attached hydrogen (secondary N) is 2. The van der Waals surface area contributed by atoms with Crippen molar-refractivity contribution in [3.05, 3.63) is 65.2 Å². The van der Waals surface area contributed by atoms with Crippen LogP contribution in [0.3, 0.4) is 0 Å². The lowest BCUT2D eigenvalue weighted by molar-refractivity contribution is 0.103. The molecule has 11 heteroatoms. The van der Waals surface area contributed by atoms with Crippen molar-refractivity contribution in [2.24, 2.45) is 10.9 Å². The van der Waals surface area contributed by atoms with Crippen LogP contribution in [-0.4, -0.2) is 52.7 Å². The summed E-state index contributed by atoms with van der Waals surface area (Å²) < 4.78 is 30.3. The average molecular weight is 525 g/mol. The first-order valence-electron chi connectivity index (χ1n) is 11.4. The number of hydrogen-bond acceptors (Lipinski definition) is 8. The van der Waals surface area contributed by atoms with Gasteiger partial charge in [-0.05, 0) is 42.5 Å². The Balaban J connectivity index is 1.75. The number of ketones is 1. The van der Waals surface area contributed by atoms with Gasteiger partial charge in [0.1, 0.15) is 6.34 Å². The van der Waals surface area contributed by atoms with E-state index in [0.717, 1.165) is 22.2 Å². The smallest absolute Gasteiger partial charge is 0.241 e. The molecule has 0 aliphatic carbocycles. The van der Waals surface area contributed by atoms with Gasteiger partial charge in [0.25, 0.3) is 0 Å². The van der Waals surface area contributed by atoms with Gasteiger partial charge in [-0.15, -0.1) is 11.3 Å². The number of nitrogens with two attached hydrogens (primary N) is 1. The first-order valence-corrected chi connectivity index (χ1v) is 13.7. The zero-order valence-corrected chi connectivity index (χ0v) is 21.7. The molecule has 4 rings (SSSR count). The fourth-order valence-electron chi connectivity index (χ4n) is 4.00. The van der Waals surface area contributed by atoms with Crippen molar-refractivity contribution in [1.29, 1.82) is 0 Å². The van der Waals surface area contributed by atoms with E-state index in [9.17, 15) is 13.2 Å². The molecule has 4 aromatic rings. The molecule has 0 atom stereocenters. The van der Waals surface area contributed by atoms with Gasteiger partial charge in [0.15, 0.2) is 5.01 Å². The van der Waals surface area contributed by atoms with E-state index in [1.54, 1.807) is 12.1 Å². The highest BCUT2D eigenvalue weighted by molar-refractivity contribution is 7.89. The molecular formula is C25H28N6O3S2. The summed E-state index contributed by atoms with van der Waals surface area (Å²) in [6, 6.07) is 16.3. The minimum absolute atomic E-state index is 0.0523. The van der Waals surface area contributed by atoms with E-state index < -0.39 is 15.8 Å². The Kier molecular flexibility index (Phi) is 7.82. The maximum atomic E-state index is 13.9. The molecule has 1 heterocycles. The second-order valence-corrected chi connectivity index (χ2v) is 11.1. The normalized spacial score (nSPS) is 11.9. The number of anilines is 1. The van der Waals surface area contributed by atoms with E-state index >= 15 is 0 Å². The average Bonchev–Trinajstić information content (AvgIpc) is 3.31. The molecule has 1 aromatic heterocycles. The lowest BCUT2D eigenvalue weighted by atomic mass is 10.00. The number of rotatable bonds is 11. The SMILES string of the molecule is CN(C)c1cccc2c(C(=O)c3nc4ccccc4s3)c(S(=O)(=O)NCCCCNC=NN)ccc12. The number of carbonyl (C=O) groups is 1. The Labute approximate surface area is 214 Å². The Morgan fingerprint density at radius 3 is 2.58 bits per heavy atom. The number of aromatic nitrogens is 1. The number of carbonyl (C=O) groups excluding carboxylic acids is 1. The fourth-order valence-corrected chi connectivity index (χ4v) is 6.20. The Hall–Kier alpha value is -3.54. The standard InChI is InChI=1S/C25H28N6O3S2/c1-31(2)20-10-7-8-18-17(20)12-13-22(36(33,34)29-15-6-5-14-27-16-28-26)23(18)24(32)25-30-19-9-3-4-11-21(19)35-25/h3-4,7-13,16,29H,5-6,14-15,26H2,1-2H3,(H,27,28). The lowest BCUT2D eigenvalue weighted by Gasteiger charge is -2.18. The van der Waals surface area contributed by atoms with Crippen LogP contribution in [0, 0.1) is 0 Å². The summed E-state index contributed by atoms with van der Waals surface area (Å²) in [6.45, 7) is 0.849. The topological polar surface area (TPSA) is 130 Å². The number of unbranched alkanes of at least 4 members (excludes halogenated alkanes) is 1. The molecule has 9 nitrogen and oxygen atoms in total. The number of para-hydroxylation sites is 1. The molecule has 36 heavy (non-hydrogen) atoms. The molecule has 0 bridgehead atoms. The van der Waals surface area contributed by atoms with E-state index in [4.69, 9.17) is 5.84 Å². The molecule has 0 aliphatic rings. The minimum atomic E-state index is -3.97. The molecule has 0 amide bonds. The van der Waals surface area contributed by atoms with Crippen molar-refractivity contribution in [2.75, 3.05) is 32.1 Å². The van der Waals surface area contributed by atoms with Gasteiger partial charge in [-0.25, -0.2) is 18.1 Å². The highest BCUT2D eigenvalue weighted by Gasteiger charge is 2.28. The van der Waals surface area contributed by atoms with Gasteiger partial charge >= 0.3 is 0 Å². The molecule has 0 unspecified atom stereocenters. The number of nitrogens with zero attached hydrogens (tertiary/aromatic N) is 3. The van der Waals surface area contributed by atoms with Crippen molar-refractivity contribution in [1.82, 2.24) is 15.0 Å². The fraction of sp³-hybridized carbons (Fsp3) is 0.240. The predicted molar refractivity (Wildman–Crippen MR) is 146 cm³/mol. The van der Waals surface area contributed by atoms with Gasteiger partial charge < -0.3 is 16.1 Å². The van der Waals surface area contributed by atoms with Crippen molar-refractivity contribution in [3.8, 4) is 0 Å². The molecular weight excluding hydrogens is 496 g/mol. The molecule has 0 radical (unpaired) electrons. The summed E-state index contributed by atoms with van der Waals surface area (Å²) in [4.78, 5) is 20.3. The molecule has 0 saturated heterocycles. The van der Waals surface area contributed by atoms with Gasteiger partial charge in [0, 0.05) is 38.3 Å². The Morgan fingerprint density at radius 1 is 1.06 bits per heavy atom. The quantitative estimate of drug-likeness (QED) is 0.0685. The number of thiazole rings is 1. The molecule has 0 spiro atoms. The lowest BCUT2D eigenvalue weighted by Crippen LogP contribution is -2.27. The number of benzene rings is 3. The summed E-state index contributed by atoms with van der Waals surface area (Å²) in [7, 11) is -0.156. The van der Waals surface area contributed by atoms with Crippen LogP contribution in [0.5, 0.6) is 0 Å². The van der Waals surface area contributed by atoms with E-state index in [2.05, 4.69) is 20.1 Å². The summed E-state index contributed by atoms with van der Waals surface area (Å²) in [5, 5.41) is 7.87. The number of hydrazone groups is 1. The zero-order chi connectivity index (χ0) is 25.7. The summed E-state index contributed by atoms with van der Waals surface area (Å²) >= 11 is 1.26. The monoisotopic (exact) mass is 524 g/mol. The van der Waals surface area contributed by atoms with Gasteiger partial charge in [-0.3, -0.25) is 4.79 Å². The first-order chi connectivity index (χ1) is 17.3. The van der Waals surface area contributed by atoms with Crippen LogP contribution in [0.25, 0.3) is 21.0 Å². The van der Waals surface area contributed by atoms with Crippen LogP contribution in [0.2, 0.25) is 0 Å².